The third kappa shape index (κ3) is 3.60. The van der Waals surface area contributed by atoms with Crippen LogP contribution in [-0.2, 0) is 0 Å². The van der Waals surface area contributed by atoms with Gasteiger partial charge in [0.1, 0.15) is 22.8 Å². The summed E-state index contributed by atoms with van der Waals surface area (Å²) >= 11 is 0. The van der Waals surface area contributed by atoms with E-state index >= 15 is 0 Å². The zero-order chi connectivity index (χ0) is 17.7. The van der Waals surface area contributed by atoms with Gasteiger partial charge in [-0.3, -0.25) is 4.79 Å². The summed E-state index contributed by atoms with van der Waals surface area (Å²) in [6, 6.07) is 7.55. The average Bonchev–Trinajstić information content (AvgIpc) is 2.58. The van der Waals surface area contributed by atoms with Crippen molar-refractivity contribution in [3.63, 3.8) is 0 Å². The predicted octanol–water partition coefficient (Wildman–Crippen LogP) is 3.02. The minimum absolute atomic E-state index is 0.0213. The van der Waals surface area contributed by atoms with E-state index in [1.807, 2.05) is 0 Å². The van der Waals surface area contributed by atoms with Gasteiger partial charge < -0.3 is 24.4 Å². The topological polar surface area (TPSA) is 85.2 Å². The molecule has 0 atom stereocenters. The normalized spacial score (nSPS) is 10.6. The number of aromatic hydroxyl groups is 2. The van der Waals surface area contributed by atoms with Gasteiger partial charge >= 0.3 is 0 Å². The maximum absolute atomic E-state index is 12.3. The number of methoxy groups -OCH3 is 3. The first-order chi connectivity index (χ1) is 11.5. The molecule has 0 aliphatic rings. The van der Waals surface area contributed by atoms with E-state index in [2.05, 4.69) is 0 Å². The second-order valence-electron chi connectivity index (χ2n) is 4.85. The third-order valence-electron chi connectivity index (χ3n) is 3.37. The summed E-state index contributed by atoms with van der Waals surface area (Å²) in [4.78, 5) is 12.3. The third-order valence-corrected chi connectivity index (χ3v) is 3.37. The lowest BCUT2D eigenvalue weighted by molar-refractivity contribution is 0.104. The lowest BCUT2D eigenvalue weighted by atomic mass is 10.1. The molecular formula is C18H18O6. The molecule has 0 amide bonds. The first-order valence-electron chi connectivity index (χ1n) is 7.04. The molecule has 0 aliphatic heterocycles. The molecule has 2 aromatic carbocycles. The second kappa shape index (κ2) is 7.41. The molecule has 0 radical (unpaired) electrons. The van der Waals surface area contributed by atoms with Gasteiger partial charge in [0, 0.05) is 12.1 Å². The van der Waals surface area contributed by atoms with E-state index in [0.717, 1.165) is 11.6 Å². The molecule has 0 spiro atoms. The fraction of sp³-hybridized carbons (Fsp3) is 0.167. The Morgan fingerprint density at radius 1 is 0.917 bits per heavy atom. The van der Waals surface area contributed by atoms with E-state index in [-0.39, 0.29) is 22.8 Å². The van der Waals surface area contributed by atoms with Crippen LogP contribution in [0, 0.1) is 0 Å². The molecule has 0 heterocycles. The van der Waals surface area contributed by atoms with Gasteiger partial charge in [-0.25, -0.2) is 0 Å². The fourth-order valence-corrected chi connectivity index (χ4v) is 2.21. The molecule has 0 saturated carbocycles. The number of ether oxygens (including phenoxy) is 3. The van der Waals surface area contributed by atoms with E-state index in [1.165, 1.54) is 33.5 Å². The van der Waals surface area contributed by atoms with Crippen molar-refractivity contribution < 1.29 is 29.2 Å². The van der Waals surface area contributed by atoms with Crippen LogP contribution in [-0.4, -0.2) is 37.3 Å². The van der Waals surface area contributed by atoms with Gasteiger partial charge in [0.15, 0.2) is 17.3 Å². The van der Waals surface area contributed by atoms with Crippen LogP contribution in [0.4, 0.5) is 0 Å². The van der Waals surface area contributed by atoms with Gasteiger partial charge in [-0.05, 0) is 23.8 Å². The minimum Gasteiger partial charge on any atom is -0.508 e. The first-order valence-corrected chi connectivity index (χ1v) is 7.04. The van der Waals surface area contributed by atoms with E-state index in [1.54, 1.807) is 24.3 Å². The Labute approximate surface area is 139 Å². The van der Waals surface area contributed by atoms with Gasteiger partial charge in [-0.1, -0.05) is 12.1 Å². The van der Waals surface area contributed by atoms with Crippen molar-refractivity contribution >= 4 is 11.9 Å². The van der Waals surface area contributed by atoms with Gasteiger partial charge in [0.2, 0.25) is 0 Å². The molecule has 0 aliphatic carbocycles. The van der Waals surface area contributed by atoms with Crippen LogP contribution in [0.5, 0.6) is 28.7 Å². The first kappa shape index (κ1) is 17.2. The predicted molar refractivity (Wildman–Crippen MR) is 89.2 cm³/mol. The summed E-state index contributed by atoms with van der Waals surface area (Å²) in [5.41, 5.74) is 0.699. The van der Waals surface area contributed by atoms with E-state index < -0.39 is 5.78 Å². The van der Waals surface area contributed by atoms with Crippen LogP contribution in [0.2, 0.25) is 0 Å². The minimum atomic E-state index is -0.459. The van der Waals surface area contributed by atoms with Crippen LogP contribution in [0.15, 0.2) is 36.4 Å². The van der Waals surface area contributed by atoms with Gasteiger partial charge in [-0.2, -0.15) is 0 Å². The van der Waals surface area contributed by atoms with Crippen molar-refractivity contribution in [1.82, 2.24) is 0 Å². The van der Waals surface area contributed by atoms with E-state index in [0.29, 0.717) is 11.5 Å². The number of carbonyl (C=O) groups is 1. The fourth-order valence-electron chi connectivity index (χ4n) is 2.21. The van der Waals surface area contributed by atoms with Crippen LogP contribution >= 0.6 is 0 Å². The number of hydrogen-bond donors (Lipinski definition) is 2. The summed E-state index contributed by atoms with van der Waals surface area (Å²) in [6.45, 7) is 0. The van der Waals surface area contributed by atoms with Crippen molar-refractivity contribution in [2.24, 2.45) is 0 Å². The lowest BCUT2D eigenvalue weighted by Gasteiger charge is -2.09. The number of hydrogen-bond acceptors (Lipinski definition) is 6. The Kier molecular flexibility index (Phi) is 5.31. The maximum Gasteiger partial charge on any atom is 0.193 e. The highest BCUT2D eigenvalue weighted by Gasteiger charge is 2.16. The molecule has 126 valence electrons. The molecule has 2 aromatic rings. The molecule has 0 fully saturated rings. The highest BCUT2D eigenvalue weighted by Crippen LogP contribution is 2.33. The molecule has 0 saturated heterocycles. The standard InChI is InChI=1S/C18H18O6/c1-22-15-7-5-11(8-16(15)23-2)4-6-13(20)18-14(21)9-12(19)10-17(18)24-3/h4-10,19,21H,1-3H3/b6-4+. The number of rotatable bonds is 6. The zero-order valence-corrected chi connectivity index (χ0v) is 13.6. The van der Waals surface area contributed by atoms with Crippen molar-refractivity contribution in [1.29, 1.82) is 0 Å². The van der Waals surface area contributed by atoms with E-state index in [4.69, 9.17) is 14.2 Å². The van der Waals surface area contributed by atoms with Crippen molar-refractivity contribution in [3.8, 4) is 28.7 Å². The molecule has 0 bridgehead atoms. The van der Waals surface area contributed by atoms with Gasteiger partial charge in [0.25, 0.3) is 0 Å². The maximum atomic E-state index is 12.3. The monoisotopic (exact) mass is 330 g/mol. The largest absolute Gasteiger partial charge is 0.508 e. The molecule has 6 heteroatoms. The van der Waals surface area contributed by atoms with Crippen molar-refractivity contribution in [2.45, 2.75) is 0 Å². The van der Waals surface area contributed by atoms with Crippen LogP contribution in [0.3, 0.4) is 0 Å². The zero-order valence-electron chi connectivity index (χ0n) is 13.6. The summed E-state index contributed by atoms with van der Waals surface area (Å²) in [5.74, 6) is 0.211. The molecule has 0 aromatic heterocycles. The summed E-state index contributed by atoms with van der Waals surface area (Å²) in [6.07, 6.45) is 2.88. The van der Waals surface area contributed by atoms with Crippen LogP contribution in [0.25, 0.3) is 6.08 Å². The quantitative estimate of drug-likeness (QED) is 0.625. The summed E-state index contributed by atoms with van der Waals surface area (Å²) in [5, 5.41) is 19.3. The lowest BCUT2D eigenvalue weighted by Crippen LogP contribution is -1.99. The Hall–Kier alpha value is -3.15. The Balaban J connectivity index is 2.32. The highest BCUT2D eigenvalue weighted by atomic mass is 16.5. The van der Waals surface area contributed by atoms with Crippen molar-refractivity contribution in [3.05, 3.63) is 47.5 Å². The molecule has 6 nitrogen and oxygen atoms in total. The summed E-state index contributed by atoms with van der Waals surface area (Å²) < 4.78 is 15.4. The van der Waals surface area contributed by atoms with Crippen molar-refractivity contribution in [2.75, 3.05) is 21.3 Å². The number of phenols is 2. The Morgan fingerprint density at radius 3 is 2.21 bits per heavy atom. The van der Waals surface area contributed by atoms with Gasteiger partial charge in [-0.15, -0.1) is 0 Å². The van der Waals surface area contributed by atoms with Crippen LogP contribution < -0.4 is 14.2 Å². The number of allylic oxidation sites excluding steroid dienone is 1. The highest BCUT2D eigenvalue weighted by molar-refractivity contribution is 6.10. The average molecular weight is 330 g/mol. The van der Waals surface area contributed by atoms with E-state index in [9.17, 15) is 15.0 Å². The second-order valence-corrected chi connectivity index (χ2v) is 4.85. The van der Waals surface area contributed by atoms with Crippen LogP contribution in [0.1, 0.15) is 15.9 Å². The SMILES string of the molecule is COc1ccc(/C=C/C(=O)c2c(O)cc(O)cc2OC)cc1OC. The molecular weight excluding hydrogens is 312 g/mol. The Bertz CT molecular complexity index is 779. The molecule has 24 heavy (non-hydrogen) atoms. The summed E-state index contributed by atoms with van der Waals surface area (Å²) in [7, 11) is 4.41. The van der Waals surface area contributed by atoms with Gasteiger partial charge in [0.05, 0.1) is 21.3 Å². The number of ketones is 1. The molecule has 2 N–H and O–H groups in total. The number of benzene rings is 2. The molecule has 0 unspecified atom stereocenters. The molecule has 2 rings (SSSR count). The number of phenolic OH excluding ortho intramolecular Hbond substituents is 2. The number of carbonyl (C=O) groups excluding carboxylic acids is 1. The Morgan fingerprint density at radius 2 is 1.58 bits per heavy atom. The smallest absolute Gasteiger partial charge is 0.193 e.